The fraction of sp³-hybridized carbons (Fsp3) is 0.122. The molecule has 0 aromatic heterocycles. The van der Waals surface area contributed by atoms with Gasteiger partial charge in [0, 0.05) is 11.8 Å². The highest BCUT2D eigenvalue weighted by molar-refractivity contribution is 6.15. The van der Waals surface area contributed by atoms with Gasteiger partial charge in [0.25, 0.3) is 0 Å². The Kier molecular flexibility index (Phi) is 5.69. The number of aryl methyl sites for hydroxylation is 2. The topological polar surface area (TPSA) is 17.1 Å². The van der Waals surface area contributed by atoms with E-state index >= 15 is 4.79 Å². The van der Waals surface area contributed by atoms with Crippen molar-refractivity contribution in [3.05, 3.63) is 212 Å². The molecule has 0 amide bonds. The Morgan fingerprint density at radius 3 is 1.26 bits per heavy atom. The summed E-state index contributed by atoms with van der Waals surface area (Å²) >= 11 is 0. The molecule has 4 atom stereocenters. The fourth-order valence-electron chi connectivity index (χ4n) is 10.4. The zero-order valence-corrected chi connectivity index (χ0v) is 28.1. The molecule has 0 heterocycles. The van der Waals surface area contributed by atoms with Crippen molar-refractivity contribution < 1.29 is 4.79 Å². The first-order valence-corrected chi connectivity index (χ1v) is 17.9. The van der Waals surface area contributed by atoms with Crippen molar-refractivity contribution >= 4 is 38.1 Å². The molecule has 236 valence electrons. The summed E-state index contributed by atoms with van der Waals surface area (Å²) in [7, 11) is 0. The Labute approximate surface area is 291 Å². The molecule has 0 saturated carbocycles. The van der Waals surface area contributed by atoms with Crippen molar-refractivity contribution in [3.8, 4) is 0 Å². The summed E-state index contributed by atoms with van der Waals surface area (Å²) in [6, 6.07) is 53.3. The van der Waals surface area contributed by atoms with Crippen LogP contribution in [0.2, 0.25) is 0 Å². The average Bonchev–Trinajstić information content (AvgIpc) is 3.16. The van der Waals surface area contributed by atoms with Crippen LogP contribution in [0.4, 0.5) is 0 Å². The third-order valence-corrected chi connectivity index (χ3v) is 12.2. The predicted molar refractivity (Wildman–Crippen MR) is 205 cm³/mol. The monoisotopic (exact) mass is 638 g/mol. The zero-order valence-electron chi connectivity index (χ0n) is 28.1. The van der Waals surface area contributed by atoms with Crippen molar-refractivity contribution in [1.29, 1.82) is 0 Å². The molecule has 3 aliphatic carbocycles. The first-order valence-electron chi connectivity index (χ1n) is 17.9. The maximum absolute atomic E-state index is 16.0. The van der Waals surface area contributed by atoms with E-state index in [-0.39, 0.29) is 23.7 Å². The van der Waals surface area contributed by atoms with E-state index in [0.717, 1.165) is 0 Å². The molecule has 50 heavy (non-hydrogen) atoms. The summed E-state index contributed by atoms with van der Waals surface area (Å²) in [6.07, 6.45) is 0. The van der Waals surface area contributed by atoms with Crippen LogP contribution in [0.25, 0.3) is 32.3 Å². The second-order valence-electron chi connectivity index (χ2n) is 14.7. The van der Waals surface area contributed by atoms with Crippen LogP contribution in [0.1, 0.15) is 90.4 Å². The van der Waals surface area contributed by atoms with Gasteiger partial charge in [-0.2, -0.15) is 0 Å². The molecule has 1 heteroatoms. The molecule has 8 aromatic rings. The van der Waals surface area contributed by atoms with Gasteiger partial charge in [-0.1, -0.05) is 146 Å². The molecule has 0 bridgehead atoms. The lowest BCUT2D eigenvalue weighted by Gasteiger charge is -2.45. The third-order valence-electron chi connectivity index (χ3n) is 12.2. The van der Waals surface area contributed by atoms with E-state index in [1.165, 1.54) is 99.1 Å². The molecule has 0 N–H and O–H groups in total. The van der Waals surface area contributed by atoms with Gasteiger partial charge in [-0.25, -0.2) is 0 Å². The number of fused-ring (bicyclic) bond motifs is 8. The summed E-state index contributed by atoms with van der Waals surface area (Å²) in [5.41, 5.74) is 15.1. The molecule has 0 fully saturated rings. The molecule has 3 aliphatic rings. The first-order chi connectivity index (χ1) is 24.6. The standard InChI is InChI=1S/C49H34O/c1-27-25-37-40(31-15-5-3-6-16-31)35-23-21-29-13-9-11-19-33(29)42(35)47-44(37)46-39(27)28(2)26-38-41(32-17-7-4-8-18-32)36-24-22-30-14-10-12-20-34(30)43(36)48(45(38)46)49(47)50/h3-26,40-41,47-48H,1-2H3. The molecule has 0 radical (unpaired) electrons. The number of rotatable bonds is 2. The Balaban J connectivity index is 1.37. The maximum atomic E-state index is 16.0. The Morgan fingerprint density at radius 2 is 0.800 bits per heavy atom. The number of Topliss-reactive ketones (excluding diaryl/α,β-unsaturated/α-hetero) is 1. The van der Waals surface area contributed by atoms with Crippen LogP contribution in [0, 0.1) is 13.8 Å². The number of carbonyl (C=O) groups excluding carboxylic acids is 1. The minimum absolute atomic E-state index is 0.0345. The number of hydrogen-bond acceptors (Lipinski definition) is 1. The van der Waals surface area contributed by atoms with Gasteiger partial charge in [-0.05, 0) is 113 Å². The van der Waals surface area contributed by atoms with E-state index in [1.54, 1.807) is 0 Å². The van der Waals surface area contributed by atoms with Crippen molar-refractivity contribution in [2.75, 3.05) is 0 Å². The first kappa shape index (κ1) is 28.1. The molecule has 11 rings (SSSR count). The molecular formula is C49H34O. The lowest BCUT2D eigenvalue weighted by atomic mass is 9.56. The van der Waals surface area contributed by atoms with Gasteiger partial charge < -0.3 is 0 Å². The van der Waals surface area contributed by atoms with E-state index in [4.69, 9.17) is 0 Å². The van der Waals surface area contributed by atoms with Gasteiger partial charge in [0.2, 0.25) is 0 Å². The zero-order chi connectivity index (χ0) is 33.2. The van der Waals surface area contributed by atoms with Crippen LogP contribution in [-0.2, 0) is 4.79 Å². The van der Waals surface area contributed by atoms with E-state index in [9.17, 15) is 0 Å². The number of carbonyl (C=O) groups is 1. The lowest BCUT2D eigenvalue weighted by molar-refractivity contribution is -0.120. The fourth-order valence-corrected chi connectivity index (χ4v) is 10.4. The van der Waals surface area contributed by atoms with Crippen molar-refractivity contribution in [2.24, 2.45) is 0 Å². The predicted octanol–water partition coefficient (Wildman–Crippen LogP) is 11.6. The highest BCUT2D eigenvalue weighted by Crippen LogP contribution is 2.61. The van der Waals surface area contributed by atoms with Gasteiger partial charge in [-0.15, -0.1) is 0 Å². The van der Waals surface area contributed by atoms with Crippen molar-refractivity contribution in [1.82, 2.24) is 0 Å². The molecule has 0 aliphatic heterocycles. The SMILES string of the molecule is Cc1cc2c3c4c5c(cc(C)c14)C(c1ccccc1)c1ccc4ccccc4c1C5C(=O)C3c1c(ccc3ccccc13)C2c1ccccc1. The number of hydrogen-bond donors (Lipinski definition) is 0. The maximum Gasteiger partial charge on any atom is 0.156 e. The molecule has 4 unspecified atom stereocenters. The summed E-state index contributed by atoms with van der Waals surface area (Å²) in [4.78, 5) is 16.0. The highest BCUT2D eigenvalue weighted by Gasteiger charge is 2.50. The molecule has 1 nitrogen and oxygen atoms in total. The van der Waals surface area contributed by atoms with Crippen molar-refractivity contribution in [3.63, 3.8) is 0 Å². The summed E-state index contributed by atoms with van der Waals surface area (Å²) < 4.78 is 0. The highest BCUT2D eigenvalue weighted by atomic mass is 16.1. The summed E-state index contributed by atoms with van der Waals surface area (Å²) in [6.45, 7) is 4.57. The minimum Gasteiger partial charge on any atom is -0.298 e. The smallest absolute Gasteiger partial charge is 0.156 e. The van der Waals surface area contributed by atoms with E-state index in [0.29, 0.717) is 5.78 Å². The molecule has 0 saturated heterocycles. The Bertz CT molecular complexity index is 2570. The average molecular weight is 639 g/mol. The van der Waals surface area contributed by atoms with Gasteiger partial charge in [0.05, 0.1) is 11.8 Å². The van der Waals surface area contributed by atoms with E-state index in [1.807, 2.05) is 0 Å². The van der Waals surface area contributed by atoms with Gasteiger partial charge >= 0.3 is 0 Å². The van der Waals surface area contributed by atoms with E-state index < -0.39 is 0 Å². The van der Waals surface area contributed by atoms with Gasteiger partial charge in [-0.3, -0.25) is 4.79 Å². The van der Waals surface area contributed by atoms with Crippen LogP contribution in [0.15, 0.2) is 146 Å². The largest absolute Gasteiger partial charge is 0.298 e. The normalized spacial score (nSPS) is 19.8. The number of ketones is 1. The molecule has 8 aromatic carbocycles. The van der Waals surface area contributed by atoms with Crippen molar-refractivity contribution in [2.45, 2.75) is 37.5 Å². The van der Waals surface area contributed by atoms with E-state index in [2.05, 4.69) is 159 Å². The summed E-state index contributed by atoms with van der Waals surface area (Å²) in [5.74, 6) is -0.343. The second-order valence-corrected chi connectivity index (χ2v) is 14.7. The van der Waals surface area contributed by atoms with Crippen LogP contribution >= 0.6 is 0 Å². The lowest BCUT2D eigenvalue weighted by Crippen LogP contribution is -2.36. The van der Waals surface area contributed by atoms with Gasteiger partial charge in [0.15, 0.2) is 5.78 Å². The van der Waals surface area contributed by atoms with Crippen LogP contribution in [-0.4, -0.2) is 5.78 Å². The van der Waals surface area contributed by atoms with Crippen LogP contribution in [0.3, 0.4) is 0 Å². The van der Waals surface area contributed by atoms with Crippen LogP contribution < -0.4 is 0 Å². The molecule has 0 spiro atoms. The molecular weight excluding hydrogens is 605 g/mol. The quantitative estimate of drug-likeness (QED) is 0.184. The van der Waals surface area contributed by atoms with Gasteiger partial charge in [0.1, 0.15) is 0 Å². The third kappa shape index (κ3) is 3.54. The number of benzene rings is 8. The second kappa shape index (κ2) is 10.1. The Morgan fingerprint density at radius 1 is 0.380 bits per heavy atom. The summed E-state index contributed by atoms with van der Waals surface area (Å²) in [5, 5.41) is 7.39. The minimum atomic E-state index is -0.360. The Hall–Kier alpha value is -5.79. The van der Waals surface area contributed by atoms with Crippen LogP contribution in [0.5, 0.6) is 0 Å².